The molecule has 0 saturated carbocycles. The number of rotatable bonds is 7. The number of aromatic nitrogens is 4. The van der Waals surface area contributed by atoms with Crippen molar-refractivity contribution in [3.8, 4) is 22.6 Å². The SMILES string of the molecule is CN(CCC(=O)Nc1n[nH]c(CC#N)c1C#N)c1ncnc2sc(-c3ccccc3)cc12. The summed E-state index contributed by atoms with van der Waals surface area (Å²) in [4.78, 5) is 25.1. The minimum absolute atomic E-state index is 0.0177. The van der Waals surface area contributed by atoms with Crippen LogP contribution in [0.5, 0.6) is 0 Å². The first kappa shape index (κ1) is 21.0. The van der Waals surface area contributed by atoms with Gasteiger partial charge in [0.25, 0.3) is 0 Å². The summed E-state index contributed by atoms with van der Waals surface area (Å²) in [6.45, 7) is 0.409. The monoisotopic (exact) mass is 442 g/mol. The van der Waals surface area contributed by atoms with Crippen molar-refractivity contribution in [3.05, 3.63) is 54.0 Å². The maximum absolute atomic E-state index is 12.4. The Kier molecular flexibility index (Phi) is 6.06. The molecule has 0 unspecified atom stereocenters. The number of amides is 1. The van der Waals surface area contributed by atoms with Gasteiger partial charge in [-0.05, 0) is 11.6 Å². The molecule has 0 aliphatic rings. The number of benzene rings is 1. The van der Waals surface area contributed by atoms with Crippen LogP contribution in [0.3, 0.4) is 0 Å². The van der Waals surface area contributed by atoms with E-state index in [0.717, 1.165) is 26.5 Å². The van der Waals surface area contributed by atoms with Crippen molar-refractivity contribution in [3.63, 3.8) is 0 Å². The quantitative estimate of drug-likeness (QED) is 0.447. The minimum atomic E-state index is -0.288. The molecule has 1 aromatic carbocycles. The Bertz CT molecular complexity index is 1350. The number of aromatic amines is 1. The molecule has 0 bridgehead atoms. The van der Waals surface area contributed by atoms with Crippen LogP contribution in [-0.2, 0) is 11.2 Å². The Hall–Kier alpha value is -4.28. The molecule has 1 amide bonds. The van der Waals surface area contributed by atoms with Gasteiger partial charge in [-0.15, -0.1) is 11.3 Å². The van der Waals surface area contributed by atoms with Crippen LogP contribution in [0.1, 0.15) is 17.7 Å². The standard InChI is InChI=1S/C22H18N8OS/c1-30(10-8-19(31)27-20-16(12-24)17(7-9-23)28-29-20)21-15-11-18(14-5-3-2-4-6-14)32-22(15)26-13-25-21/h2-6,11,13H,7-8,10H2,1H3,(H2,27,28,29,31). The summed E-state index contributed by atoms with van der Waals surface area (Å²) in [5.41, 5.74) is 1.68. The van der Waals surface area contributed by atoms with Crippen LogP contribution in [0.25, 0.3) is 20.7 Å². The van der Waals surface area contributed by atoms with Gasteiger partial charge in [0.1, 0.15) is 28.6 Å². The van der Waals surface area contributed by atoms with Crippen LogP contribution in [0, 0.1) is 22.7 Å². The summed E-state index contributed by atoms with van der Waals surface area (Å²) < 4.78 is 0. The van der Waals surface area contributed by atoms with E-state index >= 15 is 0 Å². The molecule has 4 aromatic rings. The van der Waals surface area contributed by atoms with Crippen molar-refractivity contribution in [2.24, 2.45) is 0 Å². The third-order valence-corrected chi connectivity index (χ3v) is 5.96. The Labute approximate surface area is 188 Å². The highest BCUT2D eigenvalue weighted by Gasteiger charge is 2.17. The number of nitrogens with one attached hydrogen (secondary N) is 2. The smallest absolute Gasteiger partial charge is 0.227 e. The van der Waals surface area contributed by atoms with Gasteiger partial charge >= 0.3 is 0 Å². The maximum atomic E-state index is 12.4. The number of nitriles is 2. The number of hydrogen-bond donors (Lipinski definition) is 2. The zero-order valence-corrected chi connectivity index (χ0v) is 18.0. The molecular weight excluding hydrogens is 424 g/mol. The number of anilines is 2. The summed E-state index contributed by atoms with van der Waals surface area (Å²) >= 11 is 1.60. The molecule has 0 atom stereocenters. The second-order valence-electron chi connectivity index (χ2n) is 6.98. The maximum Gasteiger partial charge on any atom is 0.227 e. The van der Waals surface area contributed by atoms with Gasteiger partial charge < -0.3 is 10.2 Å². The summed E-state index contributed by atoms with van der Waals surface area (Å²) in [7, 11) is 1.87. The lowest BCUT2D eigenvalue weighted by Gasteiger charge is -2.18. The Balaban J connectivity index is 1.46. The van der Waals surface area contributed by atoms with E-state index in [9.17, 15) is 10.1 Å². The van der Waals surface area contributed by atoms with Gasteiger partial charge in [0.05, 0.1) is 23.6 Å². The molecule has 0 spiro atoms. The van der Waals surface area contributed by atoms with E-state index in [1.165, 1.54) is 6.33 Å². The molecular formula is C22H18N8OS. The number of nitrogens with zero attached hydrogens (tertiary/aromatic N) is 6. The number of hydrogen-bond acceptors (Lipinski definition) is 8. The number of thiophene rings is 1. The van der Waals surface area contributed by atoms with Crippen molar-refractivity contribution < 1.29 is 4.79 Å². The molecule has 0 aliphatic carbocycles. The van der Waals surface area contributed by atoms with Crippen LogP contribution in [0.15, 0.2) is 42.7 Å². The Morgan fingerprint density at radius 2 is 2.06 bits per heavy atom. The number of carbonyl (C=O) groups excluding carboxylic acids is 1. The Morgan fingerprint density at radius 3 is 2.81 bits per heavy atom. The molecule has 0 radical (unpaired) electrons. The van der Waals surface area contributed by atoms with E-state index in [-0.39, 0.29) is 30.1 Å². The zero-order valence-electron chi connectivity index (χ0n) is 17.2. The van der Waals surface area contributed by atoms with Gasteiger partial charge in [-0.1, -0.05) is 30.3 Å². The van der Waals surface area contributed by atoms with Gasteiger partial charge in [0.15, 0.2) is 5.82 Å². The lowest BCUT2D eigenvalue weighted by molar-refractivity contribution is -0.116. The molecule has 32 heavy (non-hydrogen) atoms. The summed E-state index contributed by atoms with van der Waals surface area (Å²) in [6, 6.07) is 16.1. The summed E-state index contributed by atoms with van der Waals surface area (Å²) in [5, 5.41) is 28.2. The van der Waals surface area contributed by atoms with E-state index in [4.69, 9.17) is 5.26 Å². The van der Waals surface area contributed by atoms with E-state index in [2.05, 4.69) is 43.7 Å². The van der Waals surface area contributed by atoms with Crippen LogP contribution in [0.2, 0.25) is 0 Å². The predicted molar refractivity (Wildman–Crippen MR) is 122 cm³/mol. The zero-order chi connectivity index (χ0) is 22.5. The molecule has 3 aromatic heterocycles. The van der Waals surface area contributed by atoms with E-state index < -0.39 is 0 Å². The summed E-state index contributed by atoms with van der Waals surface area (Å²) in [5.74, 6) is 0.596. The third kappa shape index (κ3) is 4.26. The molecule has 9 nitrogen and oxygen atoms in total. The Morgan fingerprint density at radius 1 is 1.25 bits per heavy atom. The van der Waals surface area contributed by atoms with Crippen LogP contribution in [0.4, 0.5) is 11.6 Å². The van der Waals surface area contributed by atoms with Crippen molar-refractivity contribution in [1.82, 2.24) is 20.2 Å². The highest BCUT2D eigenvalue weighted by molar-refractivity contribution is 7.21. The first-order valence-corrected chi connectivity index (χ1v) is 10.6. The van der Waals surface area contributed by atoms with Gasteiger partial charge in [-0.3, -0.25) is 9.89 Å². The highest BCUT2D eigenvalue weighted by Crippen LogP contribution is 2.35. The van der Waals surface area contributed by atoms with Crippen molar-refractivity contribution in [2.75, 3.05) is 23.8 Å². The van der Waals surface area contributed by atoms with Crippen LogP contribution < -0.4 is 10.2 Å². The van der Waals surface area contributed by atoms with E-state index in [1.54, 1.807) is 11.3 Å². The van der Waals surface area contributed by atoms with Gasteiger partial charge in [-0.25, -0.2) is 9.97 Å². The minimum Gasteiger partial charge on any atom is -0.359 e. The fourth-order valence-electron chi connectivity index (χ4n) is 3.26. The molecule has 0 fully saturated rings. The number of H-pyrrole nitrogens is 1. The van der Waals surface area contributed by atoms with Gasteiger partial charge in [-0.2, -0.15) is 15.6 Å². The lowest BCUT2D eigenvalue weighted by Crippen LogP contribution is -2.25. The lowest BCUT2D eigenvalue weighted by atomic mass is 10.2. The second-order valence-corrected chi connectivity index (χ2v) is 8.02. The van der Waals surface area contributed by atoms with Crippen molar-refractivity contribution in [1.29, 1.82) is 10.5 Å². The topological polar surface area (TPSA) is 134 Å². The summed E-state index contributed by atoms with van der Waals surface area (Å²) in [6.07, 6.45) is 1.71. The van der Waals surface area contributed by atoms with Gasteiger partial charge in [0, 0.05) is 24.9 Å². The van der Waals surface area contributed by atoms with Crippen molar-refractivity contribution >= 4 is 39.1 Å². The van der Waals surface area contributed by atoms with Crippen LogP contribution >= 0.6 is 11.3 Å². The normalized spacial score (nSPS) is 10.5. The largest absolute Gasteiger partial charge is 0.359 e. The molecule has 0 aliphatic heterocycles. The highest BCUT2D eigenvalue weighted by atomic mass is 32.1. The van der Waals surface area contributed by atoms with Crippen molar-refractivity contribution in [2.45, 2.75) is 12.8 Å². The molecule has 158 valence electrons. The molecule has 0 saturated heterocycles. The average Bonchev–Trinajstić information content (AvgIpc) is 3.42. The fraction of sp³-hybridized carbons (Fsp3) is 0.182. The fourth-order valence-corrected chi connectivity index (χ4v) is 4.26. The molecule has 3 heterocycles. The number of carbonyl (C=O) groups is 1. The van der Waals surface area contributed by atoms with Crippen LogP contribution in [-0.4, -0.2) is 39.7 Å². The van der Waals surface area contributed by atoms with E-state index in [1.807, 2.05) is 42.3 Å². The first-order valence-electron chi connectivity index (χ1n) is 9.76. The van der Waals surface area contributed by atoms with E-state index in [0.29, 0.717) is 12.2 Å². The molecule has 2 N–H and O–H groups in total. The number of fused-ring (bicyclic) bond motifs is 1. The first-order chi connectivity index (χ1) is 15.6. The van der Waals surface area contributed by atoms with Gasteiger partial charge in [0.2, 0.25) is 5.91 Å². The molecule has 10 heteroatoms. The predicted octanol–water partition coefficient (Wildman–Crippen LogP) is 3.48. The average molecular weight is 443 g/mol. The second kappa shape index (κ2) is 9.25. The molecule has 4 rings (SSSR count). The third-order valence-electron chi connectivity index (χ3n) is 4.87.